The van der Waals surface area contributed by atoms with Gasteiger partial charge in [-0.2, -0.15) is 0 Å². The maximum Gasteiger partial charge on any atom is 0.305 e. The van der Waals surface area contributed by atoms with Gasteiger partial charge in [0.05, 0.1) is 0 Å². The first-order chi connectivity index (χ1) is 15.2. The summed E-state index contributed by atoms with van der Waals surface area (Å²) in [6, 6.07) is 0. The van der Waals surface area contributed by atoms with Gasteiger partial charge in [0.25, 0.3) is 0 Å². The second kappa shape index (κ2) is 24.6. The van der Waals surface area contributed by atoms with E-state index in [-0.39, 0.29) is 11.9 Å². The number of carbonyl (C=O) groups is 2. The van der Waals surface area contributed by atoms with Gasteiger partial charge in [0, 0.05) is 12.8 Å². The van der Waals surface area contributed by atoms with E-state index in [0.717, 1.165) is 38.5 Å². The van der Waals surface area contributed by atoms with Gasteiger partial charge in [0.15, 0.2) is 0 Å². The van der Waals surface area contributed by atoms with Crippen LogP contribution in [0.25, 0.3) is 0 Å². The van der Waals surface area contributed by atoms with E-state index >= 15 is 0 Å². The molecule has 0 saturated carbocycles. The SMILES string of the molecule is C=CCCCCCCCCC(=O)OCC[NH2+]CCOC(=O)CCCCCCCCC=C. The number of rotatable bonds is 24. The van der Waals surface area contributed by atoms with Crippen molar-refractivity contribution >= 4 is 11.9 Å². The largest absolute Gasteiger partial charge is 0.460 e. The van der Waals surface area contributed by atoms with E-state index in [1.54, 1.807) is 0 Å². The molecular formula is C26H48NO4+. The van der Waals surface area contributed by atoms with Crippen LogP contribution >= 0.6 is 0 Å². The van der Waals surface area contributed by atoms with Gasteiger partial charge in [0.1, 0.15) is 26.3 Å². The number of unbranched alkanes of at least 4 members (excludes halogenated alkanes) is 12. The number of esters is 2. The third-order valence-electron chi connectivity index (χ3n) is 5.25. The average molecular weight is 439 g/mol. The quantitative estimate of drug-likeness (QED) is 0.127. The maximum absolute atomic E-state index is 11.7. The van der Waals surface area contributed by atoms with Crippen LogP contribution in [0.2, 0.25) is 0 Å². The zero-order chi connectivity index (χ0) is 22.8. The Morgan fingerprint density at radius 3 is 1.32 bits per heavy atom. The average Bonchev–Trinajstić information content (AvgIpc) is 2.76. The van der Waals surface area contributed by atoms with Crippen molar-refractivity contribution in [2.24, 2.45) is 0 Å². The van der Waals surface area contributed by atoms with Crippen LogP contribution in [0.3, 0.4) is 0 Å². The smallest absolute Gasteiger partial charge is 0.305 e. The molecule has 0 bridgehead atoms. The molecule has 0 heterocycles. The summed E-state index contributed by atoms with van der Waals surface area (Å²) in [5.41, 5.74) is 0. The van der Waals surface area contributed by atoms with Gasteiger partial charge in [-0.05, 0) is 38.5 Å². The van der Waals surface area contributed by atoms with Crippen molar-refractivity contribution in [1.29, 1.82) is 0 Å². The normalized spacial score (nSPS) is 10.6. The molecule has 31 heavy (non-hydrogen) atoms. The molecule has 0 aliphatic rings. The third kappa shape index (κ3) is 24.5. The van der Waals surface area contributed by atoms with Crippen molar-refractivity contribution in [2.75, 3.05) is 26.3 Å². The van der Waals surface area contributed by atoms with E-state index in [2.05, 4.69) is 13.2 Å². The molecule has 0 aromatic heterocycles. The summed E-state index contributed by atoms with van der Waals surface area (Å²) < 4.78 is 10.5. The highest BCUT2D eigenvalue weighted by Gasteiger charge is 2.05. The number of ether oxygens (including phenoxy) is 2. The minimum absolute atomic E-state index is 0.104. The minimum atomic E-state index is -0.104. The molecule has 0 fully saturated rings. The molecule has 0 radical (unpaired) electrons. The fraction of sp³-hybridized carbons (Fsp3) is 0.769. The Kier molecular flexibility index (Phi) is 23.4. The molecule has 0 atom stereocenters. The van der Waals surface area contributed by atoms with Gasteiger partial charge in [-0.25, -0.2) is 0 Å². The molecule has 0 aromatic carbocycles. The summed E-state index contributed by atoms with van der Waals surface area (Å²) in [6.07, 6.45) is 21.0. The summed E-state index contributed by atoms with van der Waals surface area (Å²) in [5, 5.41) is 2.02. The minimum Gasteiger partial charge on any atom is -0.460 e. The first-order valence-electron chi connectivity index (χ1n) is 12.6. The number of hydrogen-bond donors (Lipinski definition) is 1. The summed E-state index contributed by atoms with van der Waals surface area (Å²) in [7, 11) is 0. The molecule has 0 spiro atoms. The van der Waals surface area contributed by atoms with Crippen LogP contribution in [0.1, 0.15) is 103 Å². The van der Waals surface area contributed by atoms with Crippen LogP contribution in [-0.4, -0.2) is 38.2 Å². The fourth-order valence-electron chi connectivity index (χ4n) is 3.33. The Balaban J connectivity index is 3.28. The fourth-order valence-corrected chi connectivity index (χ4v) is 3.33. The second-order valence-corrected chi connectivity index (χ2v) is 8.20. The Bertz CT molecular complexity index is 411. The molecule has 5 nitrogen and oxygen atoms in total. The Labute approximate surface area is 191 Å². The standard InChI is InChI=1S/C26H47NO4/c1-3-5-7-9-11-13-15-17-19-25(28)30-23-21-27-22-24-31-26(29)20-18-16-14-12-10-8-6-4-2/h3-4,27H,1-2,5-24H2/p+1. The Morgan fingerprint density at radius 1 is 0.581 bits per heavy atom. The zero-order valence-corrected chi connectivity index (χ0v) is 19.9. The van der Waals surface area contributed by atoms with Crippen LogP contribution in [0, 0.1) is 0 Å². The molecule has 0 aromatic rings. The number of quaternary nitrogens is 1. The second-order valence-electron chi connectivity index (χ2n) is 8.20. The van der Waals surface area contributed by atoms with E-state index in [0.29, 0.717) is 39.1 Å². The van der Waals surface area contributed by atoms with Crippen molar-refractivity contribution in [3.8, 4) is 0 Å². The molecular weight excluding hydrogens is 390 g/mol. The predicted octanol–water partition coefficient (Wildman–Crippen LogP) is 5.25. The highest BCUT2D eigenvalue weighted by molar-refractivity contribution is 5.69. The van der Waals surface area contributed by atoms with Crippen LogP contribution < -0.4 is 5.32 Å². The van der Waals surface area contributed by atoms with Gasteiger partial charge in [-0.1, -0.05) is 63.5 Å². The molecule has 0 saturated heterocycles. The molecule has 0 unspecified atom stereocenters. The van der Waals surface area contributed by atoms with E-state index in [1.807, 2.05) is 17.5 Å². The lowest BCUT2D eigenvalue weighted by molar-refractivity contribution is -0.656. The van der Waals surface area contributed by atoms with Gasteiger partial charge >= 0.3 is 11.9 Å². The molecule has 0 aliphatic carbocycles. The number of hydrogen-bond acceptors (Lipinski definition) is 4. The summed E-state index contributed by atoms with van der Waals surface area (Å²) in [4.78, 5) is 23.4. The topological polar surface area (TPSA) is 69.2 Å². The van der Waals surface area contributed by atoms with Crippen molar-refractivity contribution in [2.45, 2.75) is 103 Å². The zero-order valence-electron chi connectivity index (χ0n) is 19.9. The lowest BCUT2D eigenvalue weighted by atomic mass is 10.1. The summed E-state index contributed by atoms with van der Waals surface area (Å²) in [5.74, 6) is -0.209. The first-order valence-corrected chi connectivity index (χ1v) is 12.6. The molecule has 0 aliphatic heterocycles. The van der Waals surface area contributed by atoms with Crippen LogP contribution in [0.4, 0.5) is 0 Å². The highest BCUT2D eigenvalue weighted by Crippen LogP contribution is 2.10. The van der Waals surface area contributed by atoms with Gasteiger partial charge in [-0.3, -0.25) is 9.59 Å². The number of nitrogens with two attached hydrogens (primary N) is 1. The van der Waals surface area contributed by atoms with Crippen molar-refractivity contribution in [3.63, 3.8) is 0 Å². The first kappa shape index (κ1) is 29.4. The molecule has 0 rings (SSSR count). The monoisotopic (exact) mass is 438 g/mol. The van der Waals surface area contributed by atoms with Crippen molar-refractivity contribution in [1.82, 2.24) is 0 Å². The van der Waals surface area contributed by atoms with E-state index in [4.69, 9.17) is 9.47 Å². The van der Waals surface area contributed by atoms with E-state index in [9.17, 15) is 9.59 Å². The van der Waals surface area contributed by atoms with Crippen LogP contribution in [0.5, 0.6) is 0 Å². The van der Waals surface area contributed by atoms with E-state index in [1.165, 1.54) is 51.4 Å². The van der Waals surface area contributed by atoms with Crippen molar-refractivity contribution in [3.05, 3.63) is 25.3 Å². The summed E-state index contributed by atoms with van der Waals surface area (Å²) >= 11 is 0. The van der Waals surface area contributed by atoms with Gasteiger partial charge < -0.3 is 14.8 Å². The summed E-state index contributed by atoms with van der Waals surface area (Å²) in [6.45, 7) is 9.70. The third-order valence-corrected chi connectivity index (χ3v) is 5.25. The molecule has 2 N–H and O–H groups in total. The van der Waals surface area contributed by atoms with Crippen LogP contribution in [0.15, 0.2) is 25.3 Å². The molecule has 180 valence electrons. The van der Waals surface area contributed by atoms with Gasteiger partial charge in [-0.15, -0.1) is 13.2 Å². The Morgan fingerprint density at radius 2 is 0.935 bits per heavy atom. The maximum atomic E-state index is 11.7. The van der Waals surface area contributed by atoms with Crippen LogP contribution in [-0.2, 0) is 19.1 Å². The van der Waals surface area contributed by atoms with Gasteiger partial charge in [0.2, 0.25) is 0 Å². The predicted molar refractivity (Wildman–Crippen MR) is 128 cm³/mol. The number of carbonyl (C=O) groups excluding carboxylic acids is 2. The molecule has 0 amide bonds. The highest BCUT2D eigenvalue weighted by atomic mass is 16.5. The lowest BCUT2D eigenvalue weighted by Gasteiger charge is -2.06. The Hall–Kier alpha value is -1.62. The van der Waals surface area contributed by atoms with Crippen molar-refractivity contribution < 1.29 is 24.4 Å². The number of allylic oxidation sites excluding steroid dienone is 2. The van der Waals surface area contributed by atoms with E-state index < -0.39 is 0 Å². The molecule has 5 heteroatoms. The lowest BCUT2D eigenvalue weighted by Crippen LogP contribution is -2.86.